The minimum Gasteiger partial charge on any atom is -0.489 e. The zero-order chi connectivity index (χ0) is 21.7. The van der Waals surface area contributed by atoms with Crippen LogP contribution in [0.4, 0.5) is 0 Å². The fraction of sp³-hybridized carbons (Fsp3) is 0.455. The van der Waals surface area contributed by atoms with E-state index < -0.39 is 10.0 Å². The van der Waals surface area contributed by atoms with Gasteiger partial charge in [-0.2, -0.15) is 4.31 Å². The third-order valence-corrected chi connectivity index (χ3v) is 7.42. The average Bonchev–Trinajstić information content (AvgIpc) is 2.76. The number of carbonyl (C=O) groups excluding carboxylic acids is 1. The Kier molecular flexibility index (Phi) is 7.10. The number of aromatic nitrogens is 1. The van der Waals surface area contributed by atoms with Gasteiger partial charge in [0.25, 0.3) is 5.91 Å². The zero-order valence-corrected chi connectivity index (χ0v) is 18.6. The molecule has 0 saturated carbocycles. The molecule has 8 heteroatoms. The number of aryl methyl sites for hydroxylation is 1. The van der Waals surface area contributed by atoms with Gasteiger partial charge in [-0.15, -0.1) is 0 Å². The van der Waals surface area contributed by atoms with E-state index in [1.54, 1.807) is 23.2 Å². The van der Waals surface area contributed by atoms with Crippen LogP contribution in [0, 0.1) is 6.92 Å². The second-order valence-electron chi connectivity index (χ2n) is 7.36. The molecule has 30 heavy (non-hydrogen) atoms. The Morgan fingerprint density at radius 2 is 1.73 bits per heavy atom. The zero-order valence-electron chi connectivity index (χ0n) is 17.7. The number of amides is 1. The van der Waals surface area contributed by atoms with Crippen LogP contribution in [0.15, 0.2) is 47.5 Å². The predicted molar refractivity (Wildman–Crippen MR) is 115 cm³/mol. The van der Waals surface area contributed by atoms with E-state index in [0.717, 1.165) is 24.3 Å². The third kappa shape index (κ3) is 4.99. The van der Waals surface area contributed by atoms with Crippen LogP contribution in [0.3, 0.4) is 0 Å². The maximum absolute atomic E-state index is 12.8. The summed E-state index contributed by atoms with van der Waals surface area (Å²) in [5.41, 5.74) is 1.44. The minimum absolute atomic E-state index is 0.0557. The van der Waals surface area contributed by atoms with E-state index in [9.17, 15) is 13.2 Å². The first-order valence-corrected chi connectivity index (χ1v) is 11.8. The van der Waals surface area contributed by atoms with Gasteiger partial charge < -0.3 is 9.64 Å². The van der Waals surface area contributed by atoms with Crippen LogP contribution in [-0.4, -0.2) is 60.8 Å². The van der Waals surface area contributed by atoms with Crippen molar-refractivity contribution in [3.63, 3.8) is 0 Å². The quantitative estimate of drug-likeness (QED) is 0.673. The Labute approximate surface area is 178 Å². The van der Waals surface area contributed by atoms with Crippen LogP contribution < -0.4 is 4.74 Å². The molecule has 0 atom stereocenters. The molecule has 0 radical (unpaired) electrons. The number of ether oxygens (including phenoxy) is 1. The first-order chi connectivity index (χ1) is 14.3. The van der Waals surface area contributed by atoms with Gasteiger partial charge in [0.05, 0.1) is 11.1 Å². The highest BCUT2D eigenvalue weighted by Crippen LogP contribution is 2.21. The van der Waals surface area contributed by atoms with E-state index in [1.807, 2.05) is 32.9 Å². The standard InChI is InChI=1S/C22H29N3O4S/c1-4-25(5-2)30(27,28)21-10-7-18(8-11-21)22(26)24-14-12-19(13-15-24)29-20-9-6-17(3)23-16-20/h6-11,16,19H,4-5,12-15H2,1-3H3. The molecule has 0 spiro atoms. The summed E-state index contributed by atoms with van der Waals surface area (Å²) >= 11 is 0. The van der Waals surface area contributed by atoms with Crippen LogP contribution in [0.1, 0.15) is 42.7 Å². The maximum Gasteiger partial charge on any atom is 0.253 e. The Morgan fingerprint density at radius 1 is 1.10 bits per heavy atom. The van der Waals surface area contributed by atoms with Gasteiger partial charge in [-0.3, -0.25) is 9.78 Å². The Balaban J connectivity index is 1.59. The summed E-state index contributed by atoms with van der Waals surface area (Å²) in [6.07, 6.45) is 3.27. The molecule has 0 N–H and O–H groups in total. The van der Waals surface area contributed by atoms with E-state index in [0.29, 0.717) is 31.7 Å². The van der Waals surface area contributed by atoms with Crippen molar-refractivity contribution in [2.24, 2.45) is 0 Å². The van der Waals surface area contributed by atoms with Crippen molar-refractivity contribution >= 4 is 15.9 Å². The number of rotatable bonds is 7. The van der Waals surface area contributed by atoms with Gasteiger partial charge in [0.2, 0.25) is 10.0 Å². The van der Waals surface area contributed by atoms with Crippen molar-refractivity contribution in [2.45, 2.75) is 44.6 Å². The first-order valence-electron chi connectivity index (χ1n) is 10.3. The van der Waals surface area contributed by atoms with E-state index in [2.05, 4.69) is 4.98 Å². The second-order valence-corrected chi connectivity index (χ2v) is 9.30. The molecule has 2 aromatic rings. The molecule has 7 nitrogen and oxygen atoms in total. The lowest BCUT2D eigenvalue weighted by Gasteiger charge is -2.32. The summed E-state index contributed by atoms with van der Waals surface area (Å²) in [4.78, 5) is 19.1. The summed E-state index contributed by atoms with van der Waals surface area (Å²) in [6, 6.07) is 10.0. The SMILES string of the molecule is CCN(CC)S(=O)(=O)c1ccc(C(=O)N2CCC(Oc3ccc(C)nc3)CC2)cc1. The summed E-state index contributed by atoms with van der Waals surface area (Å²) < 4.78 is 32.6. The molecule has 1 aromatic carbocycles. The summed E-state index contributed by atoms with van der Waals surface area (Å²) in [5, 5.41) is 0. The van der Waals surface area contributed by atoms with Crippen molar-refractivity contribution in [1.82, 2.24) is 14.2 Å². The number of sulfonamides is 1. The molecule has 1 saturated heterocycles. The molecule has 0 bridgehead atoms. The molecule has 1 aliphatic heterocycles. The number of benzene rings is 1. The molecule has 1 fully saturated rings. The molecular weight excluding hydrogens is 402 g/mol. The predicted octanol–water partition coefficient (Wildman–Crippen LogP) is 3.10. The van der Waals surface area contributed by atoms with Crippen molar-refractivity contribution in [1.29, 1.82) is 0 Å². The highest BCUT2D eigenvalue weighted by Gasteiger charge is 2.26. The van der Waals surface area contributed by atoms with Gasteiger partial charge in [0, 0.05) is 50.3 Å². The normalized spacial score (nSPS) is 15.4. The summed E-state index contributed by atoms with van der Waals surface area (Å²) in [6.45, 7) is 7.57. The smallest absolute Gasteiger partial charge is 0.253 e. The lowest BCUT2D eigenvalue weighted by atomic mass is 10.1. The molecule has 1 aliphatic rings. The van der Waals surface area contributed by atoms with E-state index in [-0.39, 0.29) is 16.9 Å². The van der Waals surface area contributed by atoms with Gasteiger partial charge in [0.1, 0.15) is 11.9 Å². The summed E-state index contributed by atoms with van der Waals surface area (Å²) in [7, 11) is -3.52. The molecular formula is C22H29N3O4S. The van der Waals surface area contributed by atoms with Gasteiger partial charge in [-0.1, -0.05) is 13.8 Å². The van der Waals surface area contributed by atoms with Crippen LogP contribution in [0.2, 0.25) is 0 Å². The number of likely N-dealkylation sites (tertiary alicyclic amines) is 1. The number of hydrogen-bond acceptors (Lipinski definition) is 5. The molecule has 1 amide bonds. The van der Waals surface area contributed by atoms with Crippen LogP contribution in [-0.2, 0) is 10.0 Å². The molecule has 0 aliphatic carbocycles. The molecule has 0 unspecified atom stereocenters. The first kappa shape index (κ1) is 22.2. The molecule has 3 rings (SSSR count). The van der Waals surface area contributed by atoms with Crippen molar-refractivity contribution in [2.75, 3.05) is 26.2 Å². The summed E-state index contributed by atoms with van der Waals surface area (Å²) in [5.74, 6) is 0.660. The Hall–Kier alpha value is -2.45. The highest BCUT2D eigenvalue weighted by molar-refractivity contribution is 7.89. The maximum atomic E-state index is 12.8. The monoisotopic (exact) mass is 431 g/mol. The average molecular weight is 432 g/mol. The van der Waals surface area contributed by atoms with Gasteiger partial charge >= 0.3 is 0 Å². The fourth-order valence-corrected chi connectivity index (χ4v) is 5.02. The van der Waals surface area contributed by atoms with Crippen LogP contribution >= 0.6 is 0 Å². The van der Waals surface area contributed by atoms with E-state index in [1.165, 1.54) is 16.4 Å². The largest absolute Gasteiger partial charge is 0.489 e. The lowest BCUT2D eigenvalue weighted by Crippen LogP contribution is -2.41. The van der Waals surface area contributed by atoms with Gasteiger partial charge in [0.15, 0.2) is 0 Å². The van der Waals surface area contributed by atoms with Crippen molar-refractivity contribution in [3.8, 4) is 5.75 Å². The third-order valence-electron chi connectivity index (χ3n) is 5.36. The van der Waals surface area contributed by atoms with Gasteiger partial charge in [-0.05, 0) is 43.3 Å². The second kappa shape index (κ2) is 9.57. The number of nitrogens with zero attached hydrogens (tertiary/aromatic N) is 3. The van der Waals surface area contributed by atoms with E-state index >= 15 is 0 Å². The van der Waals surface area contributed by atoms with Crippen molar-refractivity contribution < 1.29 is 17.9 Å². The lowest BCUT2D eigenvalue weighted by molar-refractivity contribution is 0.0595. The fourth-order valence-electron chi connectivity index (χ4n) is 3.56. The minimum atomic E-state index is -3.52. The van der Waals surface area contributed by atoms with E-state index in [4.69, 9.17) is 4.74 Å². The Morgan fingerprint density at radius 3 is 2.27 bits per heavy atom. The highest BCUT2D eigenvalue weighted by atomic mass is 32.2. The molecule has 2 heterocycles. The van der Waals surface area contributed by atoms with Crippen LogP contribution in [0.25, 0.3) is 0 Å². The van der Waals surface area contributed by atoms with Crippen LogP contribution in [0.5, 0.6) is 5.75 Å². The van der Waals surface area contributed by atoms with Gasteiger partial charge in [-0.25, -0.2) is 8.42 Å². The Bertz CT molecular complexity index is 947. The number of hydrogen-bond donors (Lipinski definition) is 0. The number of piperidine rings is 1. The molecule has 162 valence electrons. The molecule has 1 aromatic heterocycles. The number of pyridine rings is 1. The number of carbonyl (C=O) groups is 1. The topological polar surface area (TPSA) is 79.8 Å². The van der Waals surface area contributed by atoms with Crippen molar-refractivity contribution in [3.05, 3.63) is 53.9 Å².